The van der Waals surface area contributed by atoms with Crippen molar-refractivity contribution in [2.45, 2.75) is 13.8 Å². The second-order valence-corrected chi connectivity index (χ2v) is 6.55. The number of anilines is 3. The molecule has 1 unspecified atom stereocenters. The van der Waals surface area contributed by atoms with Crippen LogP contribution >= 0.6 is 23.7 Å². The second kappa shape index (κ2) is 7.77. The first kappa shape index (κ1) is 17.7. The lowest BCUT2D eigenvalue weighted by Crippen LogP contribution is -2.48. The molecule has 23 heavy (non-hydrogen) atoms. The van der Waals surface area contributed by atoms with Crippen molar-refractivity contribution >= 4 is 46.2 Å². The third-order valence-corrected chi connectivity index (χ3v) is 4.83. The molecule has 1 aliphatic rings. The van der Waals surface area contributed by atoms with Gasteiger partial charge in [0.2, 0.25) is 5.91 Å². The van der Waals surface area contributed by atoms with Gasteiger partial charge in [0.25, 0.3) is 0 Å². The van der Waals surface area contributed by atoms with Gasteiger partial charge in [-0.3, -0.25) is 4.79 Å². The van der Waals surface area contributed by atoms with Crippen molar-refractivity contribution in [2.24, 2.45) is 11.8 Å². The van der Waals surface area contributed by atoms with E-state index in [2.05, 4.69) is 20.9 Å². The van der Waals surface area contributed by atoms with Gasteiger partial charge in [-0.15, -0.1) is 23.7 Å². The molecule has 0 aliphatic carbocycles. The van der Waals surface area contributed by atoms with Gasteiger partial charge in [0.1, 0.15) is 0 Å². The summed E-state index contributed by atoms with van der Waals surface area (Å²) in [6, 6.07) is 7.71. The average Bonchev–Trinajstić information content (AvgIpc) is 2.84. The van der Waals surface area contributed by atoms with Crippen molar-refractivity contribution in [1.82, 2.24) is 10.3 Å². The van der Waals surface area contributed by atoms with E-state index >= 15 is 0 Å². The van der Waals surface area contributed by atoms with Crippen LogP contribution in [0.2, 0.25) is 0 Å². The lowest BCUT2D eigenvalue weighted by atomic mass is 9.88. The zero-order chi connectivity index (χ0) is 15.5. The quantitative estimate of drug-likeness (QED) is 0.771. The molecule has 124 valence electrons. The number of rotatable bonds is 5. The Kier molecular flexibility index (Phi) is 5.98. The van der Waals surface area contributed by atoms with E-state index in [9.17, 15) is 4.79 Å². The van der Waals surface area contributed by atoms with Gasteiger partial charge in [0, 0.05) is 22.7 Å². The van der Waals surface area contributed by atoms with Gasteiger partial charge < -0.3 is 16.0 Å². The number of carbonyl (C=O) groups excluding carboxylic acids is 1. The predicted octanol–water partition coefficient (Wildman–Crippen LogP) is 3.41. The molecule has 7 heteroatoms. The number of nitrogens with one attached hydrogen (secondary N) is 3. The summed E-state index contributed by atoms with van der Waals surface area (Å²) in [5.74, 6) is 0.578. The molecule has 1 fully saturated rings. The van der Waals surface area contributed by atoms with Crippen molar-refractivity contribution in [3.63, 3.8) is 0 Å². The minimum atomic E-state index is 0. The maximum atomic E-state index is 12.2. The highest BCUT2D eigenvalue weighted by Crippen LogP contribution is 2.23. The number of hydrogen-bond donors (Lipinski definition) is 3. The molecule has 1 amide bonds. The predicted molar refractivity (Wildman–Crippen MR) is 98.0 cm³/mol. The molecule has 1 aromatic heterocycles. The second-order valence-electron chi connectivity index (χ2n) is 5.69. The van der Waals surface area contributed by atoms with Gasteiger partial charge in [0.15, 0.2) is 5.13 Å². The van der Waals surface area contributed by atoms with E-state index in [1.165, 1.54) is 0 Å². The van der Waals surface area contributed by atoms with E-state index in [0.717, 1.165) is 35.3 Å². The SMILES string of the molecule is Cc1csc(Nc2ccc(NC(=O)C(C)C3CNC3)cc2)n1.Cl. The zero-order valence-electron chi connectivity index (χ0n) is 13.1. The number of amides is 1. The first-order chi connectivity index (χ1) is 10.6. The van der Waals surface area contributed by atoms with Gasteiger partial charge >= 0.3 is 0 Å². The highest BCUT2D eigenvalue weighted by atomic mass is 35.5. The van der Waals surface area contributed by atoms with Crippen LogP contribution in [0.15, 0.2) is 29.6 Å². The van der Waals surface area contributed by atoms with E-state index in [-0.39, 0.29) is 24.2 Å². The number of hydrogen-bond acceptors (Lipinski definition) is 5. The van der Waals surface area contributed by atoms with Crippen LogP contribution in [0.1, 0.15) is 12.6 Å². The van der Waals surface area contributed by atoms with E-state index in [1.54, 1.807) is 11.3 Å². The highest BCUT2D eigenvalue weighted by molar-refractivity contribution is 7.13. The molecule has 3 N–H and O–H groups in total. The Morgan fingerprint density at radius 3 is 2.48 bits per heavy atom. The van der Waals surface area contributed by atoms with E-state index in [0.29, 0.717) is 5.92 Å². The molecule has 1 atom stereocenters. The summed E-state index contributed by atoms with van der Waals surface area (Å²) in [7, 11) is 0. The Hall–Kier alpha value is -1.63. The van der Waals surface area contributed by atoms with Crippen molar-refractivity contribution in [3.05, 3.63) is 35.3 Å². The van der Waals surface area contributed by atoms with Crippen molar-refractivity contribution in [2.75, 3.05) is 23.7 Å². The summed E-state index contributed by atoms with van der Waals surface area (Å²) in [4.78, 5) is 16.5. The fraction of sp³-hybridized carbons (Fsp3) is 0.375. The molecule has 1 aliphatic heterocycles. The van der Waals surface area contributed by atoms with E-state index in [1.807, 2.05) is 43.5 Å². The summed E-state index contributed by atoms with van der Waals surface area (Å²) < 4.78 is 0. The fourth-order valence-electron chi connectivity index (χ4n) is 2.31. The van der Waals surface area contributed by atoms with Crippen LogP contribution in [-0.2, 0) is 4.79 Å². The molecule has 2 heterocycles. The summed E-state index contributed by atoms with van der Waals surface area (Å²) in [6.45, 7) is 5.83. The van der Waals surface area contributed by atoms with Crippen LogP contribution in [-0.4, -0.2) is 24.0 Å². The van der Waals surface area contributed by atoms with E-state index < -0.39 is 0 Å². The minimum absolute atomic E-state index is 0. The van der Waals surface area contributed by atoms with Crippen molar-refractivity contribution in [3.8, 4) is 0 Å². The number of thiazole rings is 1. The standard InChI is InChI=1S/C16H20N4OS.ClH/c1-10-9-22-16(18-10)20-14-5-3-13(4-6-14)19-15(21)11(2)12-7-17-8-12;/h3-6,9,11-12,17H,7-8H2,1-2H3,(H,18,20)(H,19,21);1H. The Labute approximate surface area is 146 Å². The maximum Gasteiger partial charge on any atom is 0.227 e. The fourth-order valence-corrected chi connectivity index (χ4v) is 3.01. The molecule has 3 rings (SSSR count). The number of carbonyl (C=O) groups is 1. The third-order valence-electron chi connectivity index (χ3n) is 3.96. The Bertz CT molecular complexity index is 654. The summed E-state index contributed by atoms with van der Waals surface area (Å²) in [6.07, 6.45) is 0. The molecular weight excluding hydrogens is 332 g/mol. The molecule has 1 aromatic carbocycles. The number of aryl methyl sites for hydroxylation is 1. The van der Waals surface area contributed by atoms with E-state index in [4.69, 9.17) is 0 Å². The number of halogens is 1. The van der Waals surface area contributed by atoms with Crippen molar-refractivity contribution in [1.29, 1.82) is 0 Å². The minimum Gasteiger partial charge on any atom is -0.332 e. The van der Waals surface area contributed by atoms with Crippen LogP contribution in [0.25, 0.3) is 0 Å². The van der Waals surface area contributed by atoms with Gasteiger partial charge in [-0.05, 0) is 50.2 Å². The van der Waals surface area contributed by atoms with Crippen molar-refractivity contribution < 1.29 is 4.79 Å². The van der Waals surface area contributed by atoms with Crippen LogP contribution in [0, 0.1) is 18.8 Å². The maximum absolute atomic E-state index is 12.2. The molecule has 1 saturated heterocycles. The van der Waals surface area contributed by atoms with Crippen LogP contribution in [0.5, 0.6) is 0 Å². The lowest BCUT2D eigenvalue weighted by molar-refractivity contribution is -0.121. The van der Waals surface area contributed by atoms with Gasteiger partial charge in [-0.1, -0.05) is 6.92 Å². The summed E-state index contributed by atoms with van der Waals surface area (Å²) >= 11 is 1.58. The molecule has 0 bridgehead atoms. The monoisotopic (exact) mass is 352 g/mol. The number of nitrogens with zero attached hydrogens (tertiary/aromatic N) is 1. The Morgan fingerprint density at radius 2 is 1.96 bits per heavy atom. The van der Waals surface area contributed by atoms with Crippen LogP contribution < -0.4 is 16.0 Å². The Balaban J connectivity index is 0.00000192. The third kappa shape index (κ3) is 4.43. The zero-order valence-corrected chi connectivity index (χ0v) is 14.8. The summed E-state index contributed by atoms with van der Waals surface area (Å²) in [5, 5.41) is 12.3. The molecular formula is C16H21ClN4OS. The van der Waals surface area contributed by atoms with Crippen LogP contribution in [0.3, 0.4) is 0 Å². The van der Waals surface area contributed by atoms with Gasteiger partial charge in [-0.25, -0.2) is 4.98 Å². The highest BCUT2D eigenvalue weighted by Gasteiger charge is 2.28. The topological polar surface area (TPSA) is 66.0 Å². The molecule has 2 aromatic rings. The number of aromatic nitrogens is 1. The van der Waals surface area contributed by atoms with Gasteiger partial charge in [-0.2, -0.15) is 0 Å². The first-order valence-electron chi connectivity index (χ1n) is 7.42. The first-order valence-corrected chi connectivity index (χ1v) is 8.30. The Morgan fingerprint density at radius 1 is 1.30 bits per heavy atom. The molecule has 5 nitrogen and oxygen atoms in total. The smallest absolute Gasteiger partial charge is 0.227 e. The normalized spacial score (nSPS) is 15.2. The molecule has 0 radical (unpaired) electrons. The summed E-state index contributed by atoms with van der Waals surface area (Å²) in [5.41, 5.74) is 2.80. The molecule has 0 saturated carbocycles. The number of benzene rings is 1. The average molecular weight is 353 g/mol. The molecule has 0 spiro atoms. The van der Waals surface area contributed by atoms with Gasteiger partial charge in [0.05, 0.1) is 5.69 Å². The lowest BCUT2D eigenvalue weighted by Gasteiger charge is -2.31. The largest absolute Gasteiger partial charge is 0.332 e. The van der Waals surface area contributed by atoms with Crippen LogP contribution in [0.4, 0.5) is 16.5 Å².